The summed E-state index contributed by atoms with van der Waals surface area (Å²) in [6.45, 7) is 16.3. The minimum Gasteiger partial charge on any atom is -0.478 e. The summed E-state index contributed by atoms with van der Waals surface area (Å²) < 4.78 is 0. The van der Waals surface area contributed by atoms with Crippen molar-refractivity contribution < 1.29 is 19.5 Å². The van der Waals surface area contributed by atoms with Gasteiger partial charge in [0.05, 0.1) is 12.1 Å². The summed E-state index contributed by atoms with van der Waals surface area (Å²) in [5.41, 5.74) is -0.296. The molecule has 0 aromatic rings. The highest BCUT2D eigenvalue weighted by Gasteiger charge is 2.39. The molecule has 1 aliphatic heterocycles. The third-order valence-corrected chi connectivity index (χ3v) is 6.15. The Kier molecular flexibility index (Phi) is 9.73. The Bertz CT molecular complexity index is 679. The van der Waals surface area contributed by atoms with E-state index >= 15 is 0 Å². The van der Waals surface area contributed by atoms with Gasteiger partial charge in [0.25, 0.3) is 0 Å². The second kappa shape index (κ2) is 11.1. The fourth-order valence-electron chi connectivity index (χ4n) is 4.17. The number of hydrogen-bond donors (Lipinski definition) is 2. The SMILES string of the molecule is CC(=C[C@H](C(C)C)N(C)C(=O)C(NC(=O)C1CCCCN1C(C)C)C(C)(C)C)C(=O)O. The zero-order valence-corrected chi connectivity index (χ0v) is 20.9. The minimum atomic E-state index is -1.00. The van der Waals surface area contributed by atoms with Crippen molar-refractivity contribution in [3.8, 4) is 0 Å². The smallest absolute Gasteiger partial charge is 0.331 e. The highest BCUT2D eigenvalue weighted by Crippen LogP contribution is 2.25. The molecular formula is C24H43N3O4. The molecule has 2 N–H and O–H groups in total. The first-order valence-corrected chi connectivity index (χ1v) is 11.4. The molecule has 1 saturated heterocycles. The molecule has 7 nitrogen and oxygen atoms in total. The molecule has 1 rings (SSSR count). The van der Waals surface area contributed by atoms with Crippen LogP contribution in [0, 0.1) is 11.3 Å². The predicted molar refractivity (Wildman–Crippen MR) is 124 cm³/mol. The zero-order valence-electron chi connectivity index (χ0n) is 20.9. The van der Waals surface area contributed by atoms with Crippen LogP contribution in [0.2, 0.25) is 0 Å². The number of carboxylic acids is 1. The third kappa shape index (κ3) is 7.34. The van der Waals surface area contributed by atoms with Crippen LogP contribution in [0.3, 0.4) is 0 Å². The van der Waals surface area contributed by atoms with E-state index in [0.717, 1.165) is 25.8 Å². The van der Waals surface area contributed by atoms with E-state index < -0.39 is 17.4 Å². The van der Waals surface area contributed by atoms with Crippen molar-refractivity contribution in [3.05, 3.63) is 11.6 Å². The van der Waals surface area contributed by atoms with Gasteiger partial charge in [-0.1, -0.05) is 47.1 Å². The number of nitrogens with zero attached hydrogens (tertiary/aromatic N) is 2. The average Bonchev–Trinajstić information content (AvgIpc) is 2.67. The van der Waals surface area contributed by atoms with Crippen LogP contribution in [-0.2, 0) is 14.4 Å². The van der Waals surface area contributed by atoms with E-state index in [9.17, 15) is 19.5 Å². The largest absolute Gasteiger partial charge is 0.478 e. The molecule has 3 atom stereocenters. The van der Waals surface area contributed by atoms with Gasteiger partial charge >= 0.3 is 5.97 Å². The van der Waals surface area contributed by atoms with Gasteiger partial charge in [-0.05, 0) is 51.5 Å². The molecule has 0 aliphatic carbocycles. The number of amides is 2. The normalized spacial score (nSPS) is 20.5. The Morgan fingerprint density at radius 2 is 1.71 bits per heavy atom. The van der Waals surface area contributed by atoms with Crippen molar-refractivity contribution in [2.24, 2.45) is 11.3 Å². The monoisotopic (exact) mass is 437 g/mol. The maximum atomic E-state index is 13.5. The van der Waals surface area contributed by atoms with Crippen LogP contribution in [0.4, 0.5) is 0 Å². The Labute approximate surface area is 188 Å². The number of aliphatic carboxylic acids is 1. The molecular weight excluding hydrogens is 394 g/mol. The molecule has 0 saturated carbocycles. The van der Waals surface area contributed by atoms with Crippen LogP contribution >= 0.6 is 0 Å². The number of nitrogens with one attached hydrogen (secondary N) is 1. The van der Waals surface area contributed by atoms with Gasteiger partial charge in [-0.3, -0.25) is 14.5 Å². The predicted octanol–water partition coefficient (Wildman–Crippen LogP) is 3.29. The van der Waals surface area contributed by atoms with Crippen molar-refractivity contribution in [1.82, 2.24) is 15.1 Å². The molecule has 0 radical (unpaired) electrons. The Morgan fingerprint density at radius 3 is 2.16 bits per heavy atom. The third-order valence-electron chi connectivity index (χ3n) is 6.15. The first-order chi connectivity index (χ1) is 14.2. The lowest BCUT2D eigenvalue weighted by atomic mass is 9.84. The average molecular weight is 438 g/mol. The lowest BCUT2D eigenvalue weighted by molar-refractivity contribution is -0.142. The van der Waals surface area contributed by atoms with Crippen LogP contribution in [0.5, 0.6) is 0 Å². The van der Waals surface area contributed by atoms with Gasteiger partial charge in [0, 0.05) is 18.7 Å². The number of carboxylic acid groups (broad SMARTS) is 1. The summed E-state index contributed by atoms with van der Waals surface area (Å²) >= 11 is 0. The van der Waals surface area contributed by atoms with Crippen LogP contribution in [0.1, 0.15) is 74.7 Å². The molecule has 2 unspecified atom stereocenters. The van der Waals surface area contributed by atoms with E-state index in [1.54, 1.807) is 18.0 Å². The molecule has 0 bridgehead atoms. The number of likely N-dealkylation sites (tertiary alicyclic amines) is 1. The Hall–Kier alpha value is -1.89. The molecule has 31 heavy (non-hydrogen) atoms. The van der Waals surface area contributed by atoms with Crippen molar-refractivity contribution in [1.29, 1.82) is 0 Å². The van der Waals surface area contributed by atoms with Crippen molar-refractivity contribution in [2.45, 2.75) is 98.8 Å². The highest BCUT2D eigenvalue weighted by molar-refractivity contribution is 5.91. The van der Waals surface area contributed by atoms with Crippen molar-refractivity contribution >= 4 is 17.8 Å². The maximum Gasteiger partial charge on any atom is 0.331 e. The molecule has 1 heterocycles. The van der Waals surface area contributed by atoms with E-state index in [4.69, 9.17) is 0 Å². The first-order valence-electron chi connectivity index (χ1n) is 11.4. The number of carbonyl (C=O) groups is 3. The van der Waals surface area contributed by atoms with Gasteiger partial charge < -0.3 is 15.3 Å². The van der Waals surface area contributed by atoms with Crippen LogP contribution in [0.25, 0.3) is 0 Å². The van der Waals surface area contributed by atoms with E-state index in [-0.39, 0.29) is 41.4 Å². The van der Waals surface area contributed by atoms with E-state index in [2.05, 4.69) is 24.1 Å². The fraction of sp³-hybridized carbons (Fsp3) is 0.792. The standard InChI is InChI=1S/C24H43N3O4/c1-15(2)19(14-17(5)23(30)31)26(9)22(29)20(24(6,7)8)25-21(28)18-12-10-11-13-27(18)16(3)4/h14-16,18-20H,10-13H2,1-9H3,(H,25,28)(H,30,31)/t18?,19-,20?/m1/s1. The number of likely N-dealkylation sites (N-methyl/N-ethyl adjacent to an activating group) is 1. The zero-order chi connectivity index (χ0) is 24.1. The van der Waals surface area contributed by atoms with Crippen LogP contribution in [-0.4, -0.2) is 70.4 Å². The first kappa shape index (κ1) is 27.1. The summed E-state index contributed by atoms with van der Waals surface area (Å²) in [6, 6.07) is -1.06. The molecule has 0 aromatic heterocycles. The molecule has 7 heteroatoms. The molecule has 1 aliphatic rings. The van der Waals surface area contributed by atoms with Gasteiger partial charge in [0.15, 0.2) is 0 Å². The maximum absolute atomic E-state index is 13.5. The van der Waals surface area contributed by atoms with Crippen molar-refractivity contribution in [2.75, 3.05) is 13.6 Å². The van der Waals surface area contributed by atoms with E-state index in [1.165, 1.54) is 6.92 Å². The van der Waals surface area contributed by atoms with Gasteiger partial charge in [-0.2, -0.15) is 0 Å². The van der Waals surface area contributed by atoms with Gasteiger partial charge in [0.1, 0.15) is 6.04 Å². The van der Waals surface area contributed by atoms with Crippen LogP contribution in [0.15, 0.2) is 11.6 Å². The van der Waals surface area contributed by atoms with Gasteiger partial charge in [-0.15, -0.1) is 0 Å². The second-order valence-corrected chi connectivity index (χ2v) is 10.5. The molecule has 0 aromatic carbocycles. The number of rotatable bonds is 8. The number of piperidine rings is 1. The fourth-order valence-corrected chi connectivity index (χ4v) is 4.17. The lowest BCUT2D eigenvalue weighted by Crippen LogP contribution is -2.60. The number of carbonyl (C=O) groups excluding carboxylic acids is 2. The minimum absolute atomic E-state index is 0.0225. The quantitative estimate of drug-likeness (QED) is 0.569. The summed E-state index contributed by atoms with van der Waals surface area (Å²) in [5, 5.41) is 12.3. The van der Waals surface area contributed by atoms with E-state index in [0.29, 0.717) is 0 Å². The topological polar surface area (TPSA) is 90.0 Å². The highest BCUT2D eigenvalue weighted by atomic mass is 16.4. The van der Waals surface area contributed by atoms with Gasteiger partial charge in [-0.25, -0.2) is 4.79 Å². The van der Waals surface area contributed by atoms with E-state index in [1.807, 2.05) is 34.6 Å². The molecule has 0 spiro atoms. The molecule has 1 fully saturated rings. The second-order valence-electron chi connectivity index (χ2n) is 10.5. The van der Waals surface area contributed by atoms with Gasteiger partial charge in [0.2, 0.25) is 11.8 Å². The molecule has 2 amide bonds. The summed E-state index contributed by atoms with van der Waals surface area (Å²) in [5.74, 6) is -1.29. The molecule has 178 valence electrons. The Balaban J connectivity index is 3.15. The lowest BCUT2D eigenvalue weighted by Gasteiger charge is -2.41. The Morgan fingerprint density at radius 1 is 1.13 bits per heavy atom. The van der Waals surface area contributed by atoms with Crippen LogP contribution < -0.4 is 5.32 Å². The number of hydrogen-bond acceptors (Lipinski definition) is 4. The van der Waals surface area contributed by atoms with Crippen molar-refractivity contribution in [3.63, 3.8) is 0 Å². The summed E-state index contributed by atoms with van der Waals surface area (Å²) in [6.07, 6.45) is 4.50. The summed E-state index contributed by atoms with van der Waals surface area (Å²) in [7, 11) is 1.69. The summed E-state index contributed by atoms with van der Waals surface area (Å²) in [4.78, 5) is 41.9.